The highest BCUT2D eigenvalue weighted by Gasteiger charge is 2.41. The maximum atomic E-state index is 12.2. The summed E-state index contributed by atoms with van der Waals surface area (Å²) in [5, 5.41) is 0.0419. The molecule has 2 rings (SSSR count). The van der Waals surface area contributed by atoms with E-state index in [2.05, 4.69) is 14.7 Å². The van der Waals surface area contributed by atoms with Crippen LogP contribution in [0.1, 0.15) is 6.92 Å². The Hall–Kier alpha value is -1.41. The van der Waals surface area contributed by atoms with Crippen molar-refractivity contribution >= 4 is 16.0 Å². The van der Waals surface area contributed by atoms with E-state index in [0.717, 1.165) is 0 Å². The van der Waals surface area contributed by atoms with E-state index in [1.165, 1.54) is 23.9 Å². The predicted molar refractivity (Wildman–Crippen MR) is 62.0 cm³/mol. The molecule has 7 nitrogen and oxygen atoms in total. The number of H-pyrrole nitrogens is 1. The van der Waals surface area contributed by atoms with Gasteiger partial charge in [0, 0.05) is 13.1 Å². The number of rotatable bonds is 3. The number of imidazole rings is 1. The van der Waals surface area contributed by atoms with Crippen LogP contribution in [0, 0.1) is 11.8 Å². The van der Waals surface area contributed by atoms with Crippen LogP contribution in [0.4, 0.5) is 0 Å². The van der Waals surface area contributed by atoms with Gasteiger partial charge in [-0.3, -0.25) is 4.79 Å². The molecule has 1 fully saturated rings. The highest BCUT2D eigenvalue weighted by Crippen LogP contribution is 2.28. The SMILES string of the molecule is COC(=O)C1CN(S(=O)(=O)c2cnc[nH]2)CC1C. The molecule has 8 heteroatoms. The summed E-state index contributed by atoms with van der Waals surface area (Å²) in [6, 6.07) is 0. The Morgan fingerprint density at radius 1 is 1.56 bits per heavy atom. The summed E-state index contributed by atoms with van der Waals surface area (Å²) in [5.74, 6) is -0.840. The van der Waals surface area contributed by atoms with Crippen LogP contribution in [0.5, 0.6) is 0 Å². The second kappa shape index (κ2) is 4.69. The predicted octanol–water partition coefficient (Wildman–Crippen LogP) is -0.161. The Kier molecular flexibility index (Phi) is 3.40. The molecule has 1 N–H and O–H groups in total. The normalized spacial score (nSPS) is 25.2. The van der Waals surface area contributed by atoms with Gasteiger partial charge in [-0.05, 0) is 5.92 Å². The van der Waals surface area contributed by atoms with Crippen molar-refractivity contribution in [3.63, 3.8) is 0 Å². The van der Waals surface area contributed by atoms with Crippen LogP contribution in [0.15, 0.2) is 17.6 Å². The van der Waals surface area contributed by atoms with Gasteiger partial charge in [0.05, 0.1) is 25.6 Å². The van der Waals surface area contributed by atoms with Crippen molar-refractivity contribution in [3.8, 4) is 0 Å². The highest BCUT2D eigenvalue weighted by molar-refractivity contribution is 7.89. The number of nitrogens with one attached hydrogen (secondary N) is 1. The van der Waals surface area contributed by atoms with Crippen LogP contribution in [-0.4, -0.2) is 48.9 Å². The van der Waals surface area contributed by atoms with Crippen LogP contribution >= 0.6 is 0 Å². The zero-order valence-corrected chi connectivity index (χ0v) is 11.0. The fraction of sp³-hybridized carbons (Fsp3) is 0.600. The van der Waals surface area contributed by atoms with E-state index in [9.17, 15) is 13.2 Å². The lowest BCUT2D eigenvalue weighted by molar-refractivity contribution is -0.145. The molecule has 0 radical (unpaired) electrons. The zero-order valence-electron chi connectivity index (χ0n) is 10.2. The third-order valence-corrected chi connectivity index (χ3v) is 4.93. The molecule has 2 atom stereocenters. The first-order valence-electron chi connectivity index (χ1n) is 5.53. The molecule has 1 aromatic rings. The fourth-order valence-corrected chi connectivity index (χ4v) is 3.56. The maximum Gasteiger partial charge on any atom is 0.310 e. The van der Waals surface area contributed by atoms with Crippen LogP contribution in [0.2, 0.25) is 0 Å². The molecule has 1 aromatic heterocycles. The number of aromatic amines is 1. The van der Waals surface area contributed by atoms with E-state index < -0.39 is 15.9 Å². The van der Waals surface area contributed by atoms with Gasteiger partial charge in [-0.2, -0.15) is 4.31 Å². The van der Waals surface area contributed by atoms with Gasteiger partial charge in [-0.15, -0.1) is 0 Å². The van der Waals surface area contributed by atoms with Crippen molar-refractivity contribution in [1.29, 1.82) is 0 Å². The lowest BCUT2D eigenvalue weighted by Crippen LogP contribution is -2.30. The van der Waals surface area contributed by atoms with E-state index in [1.807, 2.05) is 6.92 Å². The molecule has 0 aromatic carbocycles. The molecule has 1 aliphatic heterocycles. The number of hydrogen-bond donors (Lipinski definition) is 1. The molecule has 2 heterocycles. The largest absolute Gasteiger partial charge is 0.469 e. The average molecular weight is 273 g/mol. The number of esters is 1. The Morgan fingerprint density at radius 3 is 2.83 bits per heavy atom. The number of sulfonamides is 1. The first-order valence-corrected chi connectivity index (χ1v) is 6.97. The first-order chi connectivity index (χ1) is 8.46. The van der Waals surface area contributed by atoms with E-state index in [-0.39, 0.29) is 23.5 Å². The summed E-state index contributed by atoms with van der Waals surface area (Å²) in [6.45, 7) is 2.29. The molecule has 0 aliphatic carbocycles. The van der Waals surface area contributed by atoms with E-state index in [1.54, 1.807) is 0 Å². The number of nitrogens with zero attached hydrogens (tertiary/aromatic N) is 2. The lowest BCUT2D eigenvalue weighted by atomic mass is 9.99. The molecule has 1 aliphatic rings. The minimum Gasteiger partial charge on any atom is -0.469 e. The van der Waals surface area contributed by atoms with Crippen molar-refractivity contribution in [2.45, 2.75) is 11.9 Å². The van der Waals surface area contributed by atoms with Gasteiger partial charge in [0.15, 0.2) is 5.03 Å². The molecular formula is C10H15N3O4S. The summed E-state index contributed by atoms with van der Waals surface area (Å²) < 4.78 is 30.4. The second-order valence-corrected chi connectivity index (χ2v) is 6.25. The molecule has 1 saturated heterocycles. The van der Waals surface area contributed by atoms with Crippen molar-refractivity contribution in [1.82, 2.24) is 14.3 Å². The number of aromatic nitrogens is 2. The smallest absolute Gasteiger partial charge is 0.310 e. The Balaban J connectivity index is 2.20. The molecule has 18 heavy (non-hydrogen) atoms. The lowest BCUT2D eigenvalue weighted by Gasteiger charge is -2.14. The summed E-state index contributed by atoms with van der Waals surface area (Å²) in [5.41, 5.74) is 0. The minimum atomic E-state index is -3.60. The third kappa shape index (κ3) is 2.13. The zero-order chi connectivity index (χ0) is 13.3. The topological polar surface area (TPSA) is 92.4 Å². The average Bonchev–Trinajstić information content (AvgIpc) is 2.97. The Bertz CT molecular complexity index is 525. The quantitative estimate of drug-likeness (QED) is 0.772. The first kappa shape index (κ1) is 13.0. The summed E-state index contributed by atoms with van der Waals surface area (Å²) >= 11 is 0. The number of methoxy groups -OCH3 is 1. The summed E-state index contributed by atoms with van der Waals surface area (Å²) in [7, 11) is -2.29. The van der Waals surface area contributed by atoms with Gasteiger partial charge in [0.2, 0.25) is 0 Å². The molecule has 0 amide bonds. The van der Waals surface area contributed by atoms with Gasteiger partial charge in [0.25, 0.3) is 10.0 Å². The third-order valence-electron chi connectivity index (χ3n) is 3.17. The van der Waals surface area contributed by atoms with Gasteiger partial charge < -0.3 is 9.72 Å². The van der Waals surface area contributed by atoms with E-state index >= 15 is 0 Å². The van der Waals surface area contributed by atoms with Crippen LogP contribution in [0.3, 0.4) is 0 Å². The van der Waals surface area contributed by atoms with Gasteiger partial charge in [0.1, 0.15) is 0 Å². The van der Waals surface area contributed by atoms with Crippen LogP contribution < -0.4 is 0 Å². The van der Waals surface area contributed by atoms with Gasteiger partial charge in [-0.25, -0.2) is 13.4 Å². The summed E-state index contributed by atoms with van der Waals surface area (Å²) in [4.78, 5) is 17.8. The number of ether oxygens (including phenoxy) is 1. The van der Waals surface area contributed by atoms with Crippen molar-refractivity contribution in [2.24, 2.45) is 11.8 Å². The molecule has 100 valence electrons. The summed E-state index contributed by atoms with van der Waals surface area (Å²) in [6.07, 6.45) is 2.57. The molecular weight excluding hydrogens is 258 g/mol. The Labute approximate surface area is 105 Å². The van der Waals surface area contributed by atoms with Crippen LogP contribution in [0.25, 0.3) is 0 Å². The second-order valence-electron chi connectivity index (χ2n) is 4.34. The van der Waals surface area contributed by atoms with Crippen LogP contribution in [-0.2, 0) is 19.6 Å². The van der Waals surface area contributed by atoms with Gasteiger partial charge in [-0.1, -0.05) is 6.92 Å². The van der Waals surface area contributed by atoms with E-state index in [4.69, 9.17) is 0 Å². The van der Waals surface area contributed by atoms with Crippen molar-refractivity contribution in [3.05, 3.63) is 12.5 Å². The van der Waals surface area contributed by atoms with Crippen molar-refractivity contribution in [2.75, 3.05) is 20.2 Å². The maximum absolute atomic E-state index is 12.2. The number of carbonyl (C=O) groups is 1. The molecule has 0 spiro atoms. The molecule has 2 unspecified atom stereocenters. The molecule has 0 saturated carbocycles. The van der Waals surface area contributed by atoms with Gasteiger partial charge >= 0.3 is 5.97 Å². The van der Waals surface area contributed by atoms with E-state index in [0.29, 0.717) is 6.54 Å². The number of hydrogen-bond acceptors (Lipinski definition) is 5. The fourth-order valence-electron chi connectivity index (χ4n) is 2.10. The molecule has 0 bridgehead atoms. The highest BCUT2D eigenvalue weighted by atomic mass is 32.2. The monoisotopic (exact) mass is 273 g/mol. The number of carbonyl (C=O) groups excluding carboxylic acids is 1. The van der Waals surface area contributed by atoms with Crippen molar-refractivity contribution < 1.29 is 17.9 Å². The Morgan fingerprint density at radius 2 is 2.28 bits per heavy atom. The standard InChI is InChI=1S/C10H15N3O4S/c1-7-4-13(5-8(7)10(14)17-2)18(15,16)9-3-11-6-12-9/h3,6-8H,4-5H2,1-2H3,(H,11,12). The minimum absolute atomic E-state index is 0.0419.